The van der Waals surface area contributed by atoms with Crippen molar-refractivity contribution in [2.24, 2.45) is 5.84 Å². The number of carbonyl (C=O) groups is 2. The molecule has 3 heterocycles. The number of nitrogens with zero attached hydrogens (tertiary/aromatic N) is 2. The van der Waals surface area contributed by atoms with Crippen molar-refractivity contribution in [3.8, 4) is 0 Å². The Morgan fingerprint density at radius 1 is 1.27 bits per heavy atom. The number of nitrogens with two attached hydrogens (primary N) is 1. The van der Waals surface area contributed by atoms with Gasteiger partial charge in [0.15, 0.2) is 0 Å². The van der Waals surface area contributed by atoms with E-state index in [1.165, 1.54) is 0 Å². The van der Waals surface area contributed by atoms with E-state index in [0.717, 1.165) is 27.2 Å². The van der Waals surface area contributed by atoms with E-state index >= 15 is 0 Å². The van der Waals surface area contributed by atoms with Gasteiger partial charge in [-0.2, -0.15) is 0 Å². The number of H-pyrrole nitrogens is 1. The number of nitrogens with one attached hydrogen (secondary N) is 1. The summed E-state index contributed by atoms with van der Waals surface area (Å²) in [7, 11) is 0. The number of rotatable bonds is 0. The van der Waals surface area contributed by atoms with Gasteiger partial charge in [0.2, 0.25) is 5.91 Å². The van der Waals surface area contributed by atoms with E-state index in [0.29, 0.717) is 6.42 Å². The predicted octanol–water partition coefficient (Wildman–Crippen LogP) is 0.872. The number of hydrogen-bond acceptors (Lipinski definition) is 3. The summed E-state index contributed by atoms with van der Waals surface area (Å²) in [6.45, 7) is 3.89. The second kappa shape index (κ2) is 4.10. The molecule has 0 radical (unpaired) electrons. The number of fused-ring (bicyclic) bond motifs is 4. The molecule has 6 nitrogen and oxygen atoms in total. The van der Waals surface area contributed by atoms with Crippen LogP contribution in [0.1, 0.15) is 25.1 Å². The average molecular weight is 298 g/mol. The van der Waals surface area contributed by atoms with Crippen LogP contribution in [0.4, 0.5) is 0 Å². The summed E-state index contributed by atoms with van der Waals surface area (Å²) in [5.41, 5.74) is 2.59. The molecule has 3 N–H and O–H groups in total. The average Bonchev–Trinajstić information content (AvgIpc) is 2.84. The molecule has 0 unspecified atom stereocenters. The fourth-order valence-electron chi connectivity index (χ4n) is 3.90. The molecule has 0 spiro atoms. The first-order valence-corrected chi connectivity index (χ1v) is 7.39. The Bertz CT molecular complexity index is 808. The Balaban J connectivity index is 1.96. The van der Waals surface area contributed by atoms with E-state index in [4.69, 9.17) is 5.84 Å². The number of piperazine rings is 1. The summed E-state index contributed by atoms with van der Waals surface area (Å²) < 4.78 is 0. The number of aromatic nitrogens is 1. The highest BCUT2D eigenvalue weighted by atomic mass is 16.2. The van der Waals surface area contributed by atoms with Crippen molar-refractivity contribution in [3.63, 3.8) is 0 Å². The molecule has 0 aliphatic carbocycles. The molecule has 2 amide bonds. The van der Waals surface area contributed by atoms with Crippen LogP contribution in [0, 0.1) is 0 Å². The molecule has 2 aromatic rings. The van der Waals surface area contributed by atoms with Crippen LogP contribution in [-0.2, 0) is 21.5 Å². The summed E-state index contributed by atoms with van der Waals surface area (Å²) in [5.74, 6) is 5.40. The van der Waals surface area contributed by atoms with E-state index in [2.05, 4.69) is 4.98 Å². The van der Waals surface area contributed by atoms with E-state index in [-0.39, 0.29) is 18.4 Å². The van der Waals surface area contributed by atoms with Gasteiger partial charge in [-0.05, 0) is 25.5 Å². The normalized spacial score (nSPS) is 23.7. The highest BCUT2D eigenvalue weighted by Crippen LogP contribution is 2.42. The molecule has 114 valence electrons. The Kier molecular flexibility index (Phi) is 2.49. The lowest BCUT2D eigenvalue weighted by molar-refractivity contribution is -0.164. The molecule has 1 atom stereocenters. The zero-order valence-electron chi connectivity index (χ0n) is 12.6. The van der Waals surface area contributed by atoms with Crippen LogP contribution in [0.25, 0.3) is 10.9 Å². The topological polar surface area (TPSA) is 82.4 Å². The molecule has 2 aliphatic heterocycles. The minimum Gasteiger partial charge on any atom is -0.356 e. The second-order valence-corrected chi connectivity index (χ2v) is 6.53. The lowest BCUT2D eigenvalue weighted by Crippen LogP contribution is -2.68. The molecule has 0 bridgehead atoms. The SMILES string of the molecule is CC1(C)c2[nH]c3ccccc3c2C[C@@H]2C(=O)N(N)CC(=O)N21. The van der Waals surface area contributed by atoms with Crippen LogP contribution < -0.4 is 5.84 Å². The van der Waals surface area contributed by atoms with Crippen molar-refractivity contribution in [1.82, 2.24) is 14.9 Å². The van der Waals surface area contributed by atoms with Crippen molar-refractivity contribution in [2.45, 2.75) is 31.8 Å². The van der Waals surface area contributed by atoms with Crippen LogP contribution in [0.3, 0.4) is 0 Å². The maximum absolute atomic E-state index is 12.5. The van der Waals surface area contributed by atoms with Gasteiger partial charge in [0, 0.05) is 23.0 Å². The molecule has 1 aromatic carbocycles. The maximum Gasteiger partial charge on any atom is 0.260 e. The van der Waals surface area contributed by atoms with Crippen LogP contribution in [0.5, 0.6) is 0 Å². The van der Waals surface area contributed by atoms with Gasteiger partial charge in [-0.1, -0.05) is 18.2 Å². The van der Waals surface area contributed by atoms with Gasteiger partial charge in [0.1, 0.15) is 12.6 Å². The van der Waals surface area contributed by atoms with E-state index in [1.807, 2.05) is 38.1 Å². The van der Waals surface area contributed by atoms with Gasteiger partial charge in [0.05, 0.1) is 5.54 Å². The lowest BCUT2D eigenvalue weighted by Gasteiger charge is -2.50. The van der Waals surface area contributed by atoms with E-state index in [9.17, 15) is 9.59 Å². The highest BCUT2D eigenvalue weighted by Gasteiger charge is 2.50. The quantitative estimate of drug-likeness (QED) is 0.559. The van der Waals surface area contributed by atoms with Gasteiger partial charge in [-0.25, -0.2) is 5.84 Å². The van der Waals surface area contributed by atoms with E-state index in [1.54, 1.807) is 4.90 Å². The molecule has 6 heteroatoms. The summed E-state index contributed by atoms with van der Waals surface area (Å²) in [5, 5.41) is 2.15. The predicted molar refractivity (Wildman–Crippen MR) is 81.6 cm³/mol. The molecule has 1 fully saturated rings. The highest BCUT2D eigenvalue weighted by molar-refractivity contribution is 5.97. The number of carbonyl (C=O) groups excluding carboxylic acids is 2. The van der Waals surface area contributed by atoms with Gasteiger partial charge >= 0.3 is 0 Å². The fourth-order valence-corrected chi connectivity index (χ4v) is 3.90. The number of para-hydroxylation sites is 1. The number of aromatic amines is 1. The van der Waals surface area contributed by atoms with Crippen molar-refractivity contribution in [2.75, 3.05) is 6.54 Å². The molecule has 1 aromatic heterocycles. The Morgan fingerprint density at radius 3 is 2.77 bits per heavy atom. The Morgan fingerprint density at radius 2 is 2.00 bits per heavy atom. The monoisotopic (exact) mass is 298 g/mol. The first-order chi connectivity index (χ1) is 10.4. The van der Waals surface area contributed by atoms with Gasteiger partial charge in [-0.3, -0.25) is 14.6 Å². The molecule has 22 heavy (non-hydrogen) atoms. The minimum absolute atomic E-state index is 0.0612. The summed E-state index contributed by atoms with van der Waals surface area (Å²) in [6, 6.07) is 7.50. The van der Waals surface area contributed by atoms with Gasteiger partial charge < -0.3 is 9.88 Å². The standard InChI is InChI=1S/C16H18N4O2/c1-16(2)14-10(9-5-3-4-6-11(9)18-14)7-12-15(22)19(17)8-13(21)20(12)16/h3-6,12,18H,7-8,17H2,1-2H3/t12-/m1/s1. The van der Waals surface area contributed by atoms with Crippen LogP contribution in [0.15, 0.2) is 24.3 Å². The smallest absolute Gasteiger partial charge is 0.260 e. The third kappa shape index (κ3) is 1.53. The minimum atomic E-state index is -0.564. The van der Waals surface area contributed by atoms with Crippen molar-refractivity contribution in [1.29, 1.82) is 0 Å². The largest absolute Gasteiger partial charge is 0.356 e. The molecular formula is C16H18N4O2. The van der Waals surface area contributed by atoms with Crippen LogP contribution in [0.2, 0.25) is 0 Å². The first-order valence-electron chi connectivity index (χ1n) is 7.39. The summed E-state index contributed by atoms with van der Waals surface area (Å²) in [4.78, 5) is 30.0. The molecule has 1 saturated heterocycles. The van der Waals surface area contributed by atoms with Crippen molar-refractivity contribution >= 4 is 22.7 Å². The molecule has 0 saturated carbocycles. The van der Waals surface area contributed by atoms with Gasteiger partial charge in [-0.15, -0.1) is 0 Å². The van der Waals surface area contributed by atoms with E-state index < -0.39 is 11.6 Å². The number of hydrazine groups is 1. The Hall–Kier alpha value is -2.34. The second-order valence-electron chi connectivity index (χ2n) is 6.53. The Labute approximate surface area is 127 Å². The van der Waals surface area contributed by atoms with Crippen LogP contribution >= 0.6 is 0 Å². The molecular weight excluding hydrogens is 280 g/mol. The molecule has 4 rings (SSSR count). The zero-order valence-corrected chi connectivity index (χ0v) is 12.6. The zero-order chi connectivity index (χ0) is 15.6. The fraction of sp³-hybridized carbons (Fsp3) is 0.375. The summed E-state index contributed by atoms with van der Waals surface area (Å²) >= 11 is 0. The number of amides is 2. The number of benzene rings is 1. The first kappa shape index (κ1) is 13.3. The van der Waals surface area contributed by atoms with Gasteiger partial charge in [0.25, 0.3) is 5.91 Å². The molecule has 2 aliphatic rings. The maximum atomic E-state index is 12.5. The third-order valence-corrected chi connectivity index (χ3v) is 4.88. The number of hydrogen-bond donors (Lipinski definition) is 2. The van der Waals surface area contributed by atoms with Crippen molar-refractivity contribution in [3.05, 3.63) is 35.5 Å². The van der Waals surface area contributed by atoms with Crippen LogP contribution in [-0.4, -0.2) is 39.3 Å². The third-order valence-electron chi connectivity index (χ3n) is 4.88. The van der Waals surface area contributed by atoms with Crippen molar-refractivity contribution < 1.29 is 9.59 Å². The summed E-state index contributed by atoms with van der Waals surface area (Å²) in [6.07, 6.45) is 0.501. The lowest BCUT2D eigenvalue weighted by atomic mass is 9.82.